The van der Waals surface area contributed by atoms with Gasteiger partial charge in [0.1, 0.15) is 0 Å². The lowest BCUT2D eigenvalue weighted by Crippen LogP contribution is -3.13. The third kappa shape index (κ3) is 3.30. The Morgan fingerprint density at radius 1 is 1.24 bits per heavy atom. The topological polar surface area (TPSA) is 39.3 Å². The van der Waals surface area contributed by atoms with Gasteiger partial charge >= 0.3 is 0 Å². The first-order valence-electron chi connectivity index (χ1n) is 7.68. The van der Waals surface area contributed by atoms with Crippen LogP contribution in [0.1, 0.15) is 19.3 Å². The standard InChI is InChI=1S/C16H21N3OS/c1-18-15(20)13-7-3-4-8-14(13)17-16(18)21-12-11-19-9-5-2-6-10-19/h3-4,7-8H,2,5-6,9-12H2,1H3/p+1. The van der Waals surface area contributed by atoms with Crippen LogP contribution in [0.25, 0.3) is 10.9 Å². The van der Waals surface area contributed by atoms with Crippen LogP contribution in [-0.2, 0) is 7.05 Å². The molecule has 21 heavy (non-hydrogen) atoms. The Morgan fingerprint density at radius 2 is 2.00 bits per heavy atom. The number of piperidine rings is 1. The molecule has 5 heteroatoms. The van der Waals surface area contributed by atoms with E-state index in [0.29, 0.717) is 5.39 Å². The van der Waals surface area contributed by atoms with Gasteiger partial charge in [-0.25, -0.2) is 4.98 Å². The highest BCUT2D eigenvalue weighted by Gasteiger charge is 2.14. The fourth-order valence-electron chi connectivity index (χ4n) is 2.92. The van der Waals surface area contributed by atoms with E-state index in [1.165, 1.54) is 32.4 Å². The maximum Gasteiger partial charge on any atom is 0.261 e. The van der Waals surface area contributed by atoms with Crippen molar-refractivity contribution in [2.24, 2.45) is 7.05 Å². The van der Waals surface area contributed by atoms with Crippen molar-refractivity contribution in [3.63, 3.8) is 0 Å². The SMILES string of the molecule is Cn1c(SCC[NH+]2CCCCC2)nc2ccccc2c1=O. The second-order valence-corrected chi connectivity index (χ2v) is 6.75. The molecule has 1 N–H and O–H groups in total. The van der Waals surface area contributed by atoms with E-state index in [2.05, 4.69) is 4.98 Å². The lowest BCUT2D eigenvalue weighted by atomic mass is 10.1. The molecule has 0 bridgehead atoms. The molecule has 4 nitrogen and oxygen atoms in total. The molecule has 0 atom stereocenters. The lowest BCUT2D eigenvalue weighted by Gasteiger charge is -2.23. The van der Waals surface area contributed by atoms with E-state index in [1.807, 2.05) is 31.3 Å². The summed E-state index contributed by atoms with van der Waals surface area (Å²) in [6, 6.07) is 7.58. The van der Waals surface area contributed by atoms with Gasteiger partial charge in [0.15, 0.2) is 5.16 Å². The van der Waals surface area contributed by atoms with E-state index >= 15 is 0 Å². The number of quaternary nitrogens is 1. The van der Waals surface area contributed by atoms with Crippen molar-refractivity contribution in [1.29, 1.82) is 0 Å². The number of hydrogen-bond donors (Lipinski definition) is 1. The molecule has 2 heterocycles. The van der Waals surface area contributed by atoms with Gasteiger partial charge in [-0.05, 0) is 31.4 Å². The van der Waals surface area contributed by atoms with Gasteiger partial charge in [-0.3, -0.25) is 9.36 Å². The zero-order chi connectivity index (χ0) is 14.7. The molecule has 1 fully saturated rings. The van der Waals surface area contributed by atoms with Crippen LogP contribution in [0, 0.1) is 0 Å². The van der Waals surface area contributed by atoms with Crippen molar-refractivity contribution in [3.05, 3.63) is 34.6 Å². The van der Waals surface area contributed by atoms with Gasteiger partial charge in [-0.1, -0.05) is 23.9 Å². The Labute approximate surface area is 129 Å². The minimum absolute atomic E-state index is 0.0495. The van der Waals surface area contributed by atoms with Crippen molar-refractivity contribution in [2.75, 3.05) is 25.4 Å². The highest BCUT2D eigenvalue weighted by Crippen LogP contribution is 2.15. The summed E-state index contributed by atoms with van der Waals surface area (Å²) in [5, 5.41) is 1.53. The monoisotopic (exact) mass is 304 g/mol. The summed E-state index contributed by atoms with van der Waals surface area (Å²) in [4.78, 5) is 18.6. The largest absolute Gasteiger partial charge is 0.334 e. The van der Waals surface area contributed by atoms with Gasteiger partial charge in [0, 0.05) is 7.05 Å². The van der Waals surface area contributed by atoms with E-state index < -0.39 is 0 Å². The van der Waals surface area contributed by atoms with Crippen LogP contribution in [0.5, 0.6) is 0 Å². The summed E-state index contributed by atoms with van der Waals surface area (Å²) in [5.74, 6) is 1.02. The molecule has 1 aromatic carbocycles. The Balaban J connectivity index is 1.71. The highest BCUT2D eigenvalue weighted by molar-refractivity contribution is 7.99. The molecule has 1 aliphatic heterocycles. The number of nitrogens with one attached hydrogen (secondary N) is 1. The number of likely N-dealkylation sites (tertiary alicyclic amines) is 1. The van der Waals surface area contributed by atoms with Crippen LogP contribution in [0.2, 0.25) is 0 Å². The van der Waals surface area contributed by atoms with E-state index in [1.54, 1.807) is 21.2 Å². The van der Waals surface area contributed by atoms with E-state index in [0.717, 1.165) is 23.0 Å². The first-order chi connectivity index (χ1) is 10.3. The number of aromatic nitrogens is 2. The molecule has 0 amide bonds. The van der Waals surface area contributed by atoms with Gasteiger partial charge in [0.05, 0.1) is 36.3 Å². The van der Waals surface area contributed by atoms with Crippen molar-refractivity contribution in [3.8, 4) is 0 Å². The summed E-state index contributed by atoms with van der Waals surface area (Å²) < 4.78 is 1.68. The van der Waals surface area contributed by atoms with E-state index in [-0.39, 0.29) is 5.56 Å². The number of thioether (sulfide) groups is 1. The maximum absolute atomic E-state index is 12.3. The number of hydrogen-bond acceptors (Lipinski definition) is 3. The summed E-state index contributed by atoms with van der Waals surface area (Å²) in [5.41, 5.74) is 0.849. The second kappa shape index (κ2) is 6.62. The Kier molecular flexibility index (Phi) is 4.60. The molecule has 0 spiro atoms. The molecule has 2 aromatic rings. The summed E-state index contributed by atoms with van der Waals surface area (Å²) in [6.45, 7) is 3.75. The van der Waals surface area contributed by atoms with E-state index in [9.17, 15) is 4.79 Å². The molecule has 0 saturated carbocycles. The first kappa shape index (κ1) is 14.6. The van der Waals surface area contributed by atoms with Crippen molar-refractivity contribution < 1.29 is 4.90 Å². The number of fused-ring (bicyclic) bond motifs is 1. The van der Waals surface area contributed by atoms with Gasteiger partial charge in [0.2, 0.25) is 0 Å². The van der Waals surface area contributed by atoms with Gasteiger partial charge < -0.3 is 4.90 Å². The van der Waals surface area contributed by atoms with Gasteiger partial charge in [-0.15, -0.1) is 0 Å². The van der Waals surface area contributed by atoms with Crippen LogP contribution < -0.4 is 10.5 Å². The number of benzene rings is 1. The zero-order valence-corrected chi connectivity index (χ0v) is 13.3. The van der Waals surface area contributed by atoms with Crippen LogP contribution in [0.15, 0.2) is 34.2 Å². The fraction of sp³-hybridized carbons (Fsp3) is 0.500. The molecule has 0 radical (unpaired) electrons. The van der Waals surface area contributed by atoms with Crippen molar-refractivity contribution in [1.82, 2.24) is 9.55 Å². The second-order valence-electron chi connectivity index (χ2n) is 5.68. The molecule has 3 rings (SSSR count). The summed E-state index contributed by atoms with van der Waals surface area (Å²) in [7, 11) is 1.82. The number of rotatable bonds is 4. The molecule has 112 valence electrons. The van der Waals surface area contributed by atoms with Crippen molar-refractivity contribution >= 4 is 22.7 Å². The molecule has 0 unspecified atom stereocenters. The third-order valence-electron chi connectivity index (χ3n) is 4.19. The zero-order valence-electron chi connectivity index (χ0n) is 12.5. The van der Waals surface area contributed by atoms with Crippen molar-refractivity contribution in [2.45, 2.75) is 24.4 Å². The average Bonchev–Trinajstić information content (AvgIpc) is 2.53. The molecular formula is C16H22N3OS+. The van der Waals surface area contributed by atoms with Gasteiger partial charge in [0.25, 0.3) is 5.56 Å². The Hall–Kier alpha value is -1.33. The summed E-state index contributed by atoms with van der Waals surface area (Å²) >= 11 is 1.70. The minimum Gasteiger partial charge on any atom is -0.334 e. The summed E-state index contributed by atoms with van der Waals surface area (Å²) in [6.07, 6.45) is 4.09. The molecule has 1 aromatic heterocycles. The molecule has 1 aliphatic rings. The quantitative estimate of drug-likeness (QED) is 0.679. The minimum atomic E-state index is 0.0495. The molecule has 0 aliphatic carbocycles. The highest BCUT2D eigenvalue weighted by atomic mass is 32.2. The third-order valence-corrected chi connectivity index (χ3v) is 5.22. The Bertz CT molecular complexity index is 677. The molecular weight excluding hydrogens is 282 g/mol. The smallest absolute Gasteiger partial charge is 0.261 e. The first-order valence-corrected chi connectivity index (χ1v) is 8.66. The van der Waals surface area contributed by atoms with Crippen LogP contribution in [0.3, 0.4) is 0 Å². The van der Waals surface area contributed by atoms with E-state index in [4.69, 9.17) is 0 Å². The maximum atomic E-state index is 12.3. The Morgan fingerprint density at radius 3 is 2.81 bits per heavy atom. The number of nitrogens with zero attached hydrogens (tertiary/aromatic N) is 2. The van der Waals surface area contributed by atoms with Gasteiger partial charge in [-0.2, -0.15) is 0 Å². The molecule has 1 saturated heterocycles. The average molecular weight is 304 g/mol. The van der Waals surface area contributed by atoms with Crippen LogP contribution >= 0.6 is 11.8 Å². The number of para-hydroxylation sites is 1. The predicted octanol–water partition coefficient (Wildman–Crippen LogP) is 1.09. The normalized spacial score (nSPS) is 16.4. The lowest BCUT2D eigenvalue weighted by molar-refractivity contribution is -0.902. The van der Waals surface area contributed by atoms with Crippen LogP contribution in [0.4, 0.5) is 0 Å². The fourth-order valence-corrected chi connectivity index (χ4v) is 3.93. The van der Waals surface area contributed by atoms with Crippen LogP contribution in [-0.4, -0.2) is 34.9 Å². The predicted molar refractivity (Wildman–Crippen MR) is 87.1 cm³/mol.